The zero-order valence-corrected chi connectivity index (χ0v) is 8.43. The second kappa shape index (κ2) is 9.44. The van der Waals surface area contributed by atoms with Gasteiger partial charge in [-0.2, -0.15) is 0 Å². The molecule has 1 rings (SSSR count). The Balaban J connectivity index is 0.000000162. The van der Waals surface area contributed by atoms with Crippen molar-refractivity contribution >= 4 is 23.5 Å². The molecule has 0 aromatic rings. The molecule has 0 nitrogen and oxygen atoms in total. The normalized spacial score (nSPS) is 14.6. The molecule has 0 aliphatic carbocycles. The van der Waals surface area contributed by atoms with Gasteiger partial charge in [-0.25, -0.2) is 0 Å². The van der Waals surface area contributed by atoms with Gasteiger partial charge in [0.1, 0.15) is 0 Å². The molecule has 0 spiro atoms. The van der Waals surface area contributed by atoms with Crippen LogP contribution < -0.4 is 0 Å². The average molecular weight is 176 g/mol. The largest absolute Gasteiger partial charge is 0.122 e. The van der Waals surface area contributed by atoms with E-state index in [1.807, 2.05) is 23.5 Å². The van der Waals surface area contributed by atoms with Gasteiger partial charge < -0.3 is 0 Å². The molecule has 2 heteroatoms. The number of thioether (sulfide) groups is 2. The smallest absolute Gasteiger partial charge is 0.0475 e. The van der Waals surface area contributed by atoms with Gasteiger partial charge in [0.25, 0.3) is 0 Å². The molecule has 0 amide bonds. The minimum Gasteiger partial charge on any atom is -0.122 e. The highest BCUT2D eigenvalue weighted by Crippen LogP contribution is 2.22. The Hall–Kier alpha value is 0.440. The first-order valence-corrected chi connectivity index (χ1v) is 5.89. The van der Waals surface area contributed by atoms with E-state index in [9.17, 15) is 0 Å². The van der Waals surface area contributed by atoms with Crippen LogP contribution in [0.3, 0.4) is 0 Å². The van der Waals surface area contributed by atoms with E-state index in [1.165, 1.54) is 24.3 Å². The van der Waals surface area contributed by atoms with Gasteiger partial charge in [0.15, 0.2) is 0 Å². The lowest BCUT2D eigenvalue weighted by Crippen LogP contribution is -1.59. The van der Waals surface area contributed by atoms with Gasteiger partial charge in [-0.15, -0.1) is 23.5 Å². The fourth-order valence-corrected chi connectivity index (χ4v) is 2.12. The van der Waals surface area contributed by atoms with Crippen molar-refractivity contribution in [3.05, 3.63) is 10.8 Å². The van der Waals surface area contributed by atoms with Crippen molar-refractivity contribution in [1.82, 2.24) is 0 Å². The summed E-state index contributed by atoms with van der Waals surface area (Å²) < 4.78 is 0. The van der Waals surface area contributed by atoms with Crippen LogP contribution >= 0.6 is 23.5 Å². The molecule has 10 heavy (non-hydrogen) atoms. The molecule has 0 bridgehead atoms. The summed E-state index contributed by atoms with van der Waals surface area (Å²) in [6.45, 7) is 4.42. The van der Waals surface area contributed by atoms with E-state index >= 15 is 0 Å². The molecule has 0 fully saturated rings. The summed E-state index contributed by atoms with van der Waals surface area (Å²) in [4.78, 5) is 0. The summed E-state index contributed by atoms with van der Waals surface area (Å²) in [5.41, 5.74) is 0. The van der Waals surface area contributed by atoms with Crippen molar-refractivity contribution in [1.29, 1.82) is 0 Å². The molecule has 1 aliphatic rings. The van der Waals surface area contributed by atoms with E-state index in [0.29, 0.717) is 0 Å². The topological polar surface area (TPSA) is 0 Å². The summed E-state index contributed by atoms with van der Waals surface area (Å²) in [6, 6.07) is 0. The Morgan fingerprint density at radius 3 is 1.70 bits per heavy atom. The van der Waals surface area contributed by atoms with Crippen molar-refractivity contribution in [2.24, 2.45) is 0 Å². The Morgan fingerprint density at radius 2 is 1.60 bits per heavy atom. The van der Waals surface area contributed by atoms with Crippen LogP contribution in [0.25, 0.3) is 0 Å². The van der Waals surface area contributed by atoms with Crippen molar-refractivity contribution < 1.29 is 0 Å². The standard InChI is InChI=1S/C5H12.C3H4S2/c1-3-5-4-2;1-2-5-3-4-1/h3-5H2,1-2H3;1-2H,3H2. The van der Waals surface area contributed by atoms with Gasteiger partial charge in [-0.05, 0) is 10.8 Å². The third-order valence-electron chi connectivity index (χ3n) is 1.09. The highest BCUT2D eigenvalue weighted by molar-refractivity contribution is 8.21. The van der Waals surface area contributed by atoms with Crippen molar-refractivity contribution in [3.8, 4) is 0 Å². The van der Waals surface area contributed by atoms with Gasteiger partial charge in [-0.1, -0.05) is 33.1 Å². The molecule has 0 atom stereocenters. The van der Waals surface area contributed by atoms with Crippen LogP contribution in [0.1, 0.15) is 33.1 Å². The van der Waals surface area contributed by atoms with Crippen molar-refractivity contribution in [3.63, 3.8) is 0 Å². The van der Waals surface area contributed by atoms with E-state index in [1.54, 1.807) is 0 Å². The SMILES string of the molecule is C1=CSCS1.CCCCC. The lowest BCUT2D eigenvalue weighted by Gasteiger charge is -1.79. The summed E-state index contributed by atoms with van der Waals surface area (Å²) in [7, 11) is 0. The molecule has 0 aromatic carbocycles. The molecular weight excluding hydrogens is 160 g/mol. The molecular formula is C8H16S2. The summed E-state index contributed by atoms with van der Waals surface area (Å²) in [5.74, 6) is 0. The summed E-state index contributed by atoms with van der Waals surface area (Å²) in [6.07, 6.45) is 4.08. The van der Waals surface area contributed by atoms with Gasteiger partial charge >= 0.3 is 0 Å². The number of hydrogen-bond acceptors (Lipinski definition) is 2. The minimum absolute atomic E-state index is 1.22. The van der Waals surface area contributed by atoms with E-state index in [0.717, 1.165) is 0 Å². The first kappa shape index (κ1) is 10.4. The quantitative estimate of drug-likeness (QED) is 0.621. The van der Waals surface area contributed by atoms with E-state index in [2.05, 4.69) is 24.7 Å². The van der Waals surface area contributed by atoms with Crippen LogP contribution in [0.4, 0.5) is 0 Å². The zero-order valence-electron chi connectivity index (χ0n) is 6.80. The van der Waals surface area contributed by atoms with Gasteiger partial charge in [0.2, 0.25) is 0 Å². The Morgan fingerprint density at radius 1 is 1.10 bits per heavy atom. The van der Waals surface area contributed by atoms with Crippen LogP contribution in [-0.4, -0.2) is 5.08 Å². The van der Waals surface area contributed by atoms with E-state index in [-0.39, 0.29) is 0 Å². The maximum atomic E-state index is 2.21. The van der Waals surface area contributed by atoms with E-state index < -0.39 is 0 Å². The third kappa shape index (κ3) is 8.44. The predicted octanol–water partition coefficient (Wildman–Crippen LogP) is 4.09. The zero-order chi connectivity index (χ0) is 7.66. The molecule has 0 unspecified atom stereocenters. The number of rotatable bonds is 2. The van der Waals surface area contributed by atoms with Crippen molar-refractivity contribution in [2.45, 2.75) is 33.1 Å². The fraction of sp³-hybridized carbons (Fsp3) is 0.750. The lowest BCUT2D eigenvalue weighted by molar-refractivity contribution is 0.772. The molecule has 1 aliphatic heterocycles. The molecule has 0 N–H and O–H groups in total. The number of unbranched alkanes of at least 4 members (excludes halogenated alkanes) is 2. The highest BCUT2D eigenvalue weighted by atomic mass is 32.2. The van der Waals surface area contributed by atoms with Crippen molar-refractivity contribution in [2.75, 3.05) is 5.08 Å². The maximum Gasteiger partial charge on any atom is 0.0475 e. The van der Waals surface area contributed by atoms with Crippen LogP contribution in [0, 0.1) is 0 Å². The Kier molecular flexibility index (Phi) is 9.86. The Bertz CT molecular complexity index is 71.3. The molecule has 0 radical (unpaired) electrons. The van der Waals surface area contributed by atoms with Gasteiger partial charge in [-0.3, -0.25) is 0 Å². The molecule has 0 saturated heterocycles. The van der Waals surface area contributed by atoms with Crippen LogP contribution in [0.5, 0.6) is 0 Å². The van der Waals surface area contributed by atoms with Crippen LogP contribution in [0.15, 0.2) is 10.8 Å². The fourth-order valence-electron chi connectivity index (χ4n) is 0.550. The van der Waals surface area contributed by atoms with E-state index in [4.69, 9.17) is 0 Å². The summed E-state index contributed by atoms with van der Waals surface area (Å²) >= 11 is 3.71. The number of hydrogen-bond donors (Lipinski definition) is 0. The summed E-state index contributed by atoms with van der Waals surface area (Å²) in [5, 5.41) is 5.45. The third-order valence-corrected chi connectivity index (χ3v) is 3.01. The predicted molar refractivity (Wildman–Crippen MR) is 54.4 cm³/mol. The average Bonchev–Trinajstić information content (AvgIpc) is 2.44. The lowest BCUT2D eigenvalue weighted by atomic mass is 10.3. The highest BCUT2D eigenvalue weighted by Gasteiger charge is 1.85. The second-order valence-electron chi connectivity index (χ2n) is 2.08. The van der Waals surface area contributed by atoms with Crippen LogP contribution in [0.2, 0.25) is 0 Å². The first-order valence-electron chi connectivity index (χ1n) is 3.80. The second-order valence-corrected chi connectivity index (χ2v) is 4.23. The molecule has 0 aromatic heterocycles. The maximum absolute atomic E-state index is 2.21. The monoisotopic (exact) mass is 176 g/mol. The first-order chi connectivity index (χ1) is 4.91. The van der Waals surface area contributed by atoms with Gasteiger partial charge in [0, 0.05) is 5.08 Å². The molecule has 0 saturated carbocycles. The molecule has 1 heterocycles. The Labute approximate surface area is 72.9 Å². The van der Waals surface area contributed by atoms with Gasteiger partial charge in [0.05, 0.1) is 0 Å². The van der Waals surface area contributed by atoms with Crippen LogP contribution in [-0.2, 0) is 0 Å². The molecule has 60 valence electrons. The minimum atomic E-state index is 1.22.